The van der Waals surface area contributed by atoms with Gasteiger partial charge in [0.15, 0.2) is 0 Å². The molecule has 58 valence electrons. The SMILES string of the molecule is C1=CCC=C2CNCCC2=C1. The molecule has 1 heterocycles. The zero-order valence-corrected chi connectivity index (χ0v) is 6.64. The second-order valence-corrected chi connectivity index (χ2v) is 3.01. The van der Waals surface area contributed by atoms with Gasteiger partial charge in [-0.2, -0.15) is 0 Å². The van der Waals surface area contributed by atoms with E-state index in [4.69, 9.17) is 0 Å². The third-order valence-corrected chi connectivity index (χ3v) is 2.23. The summed E-state index contributed by atoms with van der Waals surface area (Å²) in [5.74, 6) is 0. The summed E-state index contributed by atoms with van der Waals surface area (Å²) >= 11 is 0. The van der Waals surface area contributed by atoms with Crippen molar-refractivity contribution in [3.63, 3.8) is 0 Å². The summed E-state index contributed by atoms with van der Waals surface area (Å²) in [6.07, 6.45) is 11.2. The summed E-state index contributed by atoms with van der Waals surface area (Å²) in [4.78, 5) is 0. The highest BCUT2D eigenvalue weighted by atomic mass is 14.9. The summed E-state index contributed by atoms with van der Waals surface area (Å²) < 4.78 is 0. The van der Waals surface area contributed by atoms with Crippen LogP contribution in [0.2, 0.25) is 0 Å². The van der Waals surface area contributed by atoms with Crippen molar-refractivity contribution in [1.29, 1.82) is 0 Å². The Morgan fingerprint density at radius 2 is 2.27 bits per heavy atom. The van der Waals surface area contributed by atoms with Crippen LogP contribution in [0.25, 0.3) is 0 Å². The molecule has 0 spiro atoms. The molecule has 1 N–H and O–H groups in total. The molecule has 0 radical (unpaired) electrons. The monoisotopic (exact) mass is 147 g/mol. The highest BCUT2D eigenvalue weighted by Crippen LogP contribution is 2.19. The number of rotatable bonds is 0. The van der Waals surface area contributed by atoms with E-state index in [2.05, 4.69) is 29.6 Å². The van der Waals surface area contributed by atoms with E-state index in [0.717, 1.165) is 19.5 Å². The topological polar surface area (TPSA) is 12.0 Å². The number of hydrogen-bond donors (Lipinski definition) is 1. The molecular formula is C10H13N. The zero-order chi connectivity index (χ0) is 7.52. The molecule has 0 aromatic carbocycles. The minimum atomic E-state index is 1.06. The standard InChI is InChI=1S/C10H13N/c1-2-4-9-6-7-11-8-10(9)5-3-1/h1-2,4-5,11H,3,6-8H2. The number of hydrogen-bond acceptors (Lipinski definition) is 1. The van der Waals surface area contributed by atoms with Crippen LogP contribution < -0.4 is 5.32 Å². The summed E-state index contributed by atoms with van der Waals surface area (Å²) in [7, 11) is 0. The Kier molecular flexibility index (Phi) is 1.91. The molecule has 0 saturated carbocycles. The van der Waals surface area contributed by atoms with Crippen molar-refractivity contribution < 1.29 is 0 Å². The lowest BCUT2D eigenvalue weighted by molar-refractivity contribution is 0.682. The number of fused-ring (bicyclic) bond motifs is 1. The van der Waals surface area contributed by atoms with Gasteiger partial charge in [-0.05, 0) is 30.5 Å². The van der Waals surface area contributed by atoms with Gasteiger partial charge in [0.05, 0.1) is 0 Å². The molecule has 0 unspecified atom stereocenters. The average Bonchev–Trinajstić information content (AvgIpc) is 2.28. The quantitative estimate of drug-likeness (QED) is 0.551. The largest absolute Gasteiger partial charge is 0.312 e. The van der Waals surface area contributed by atoms with E-state index in [1.54, 1.807) is 0 Å². The van der Waals surface area contributed by atoms with Gasteiger partial charge in [-0.3, -0.25) is 0 Å². The summed E-state index contributed by atoms with van der Waals surface area (Å²) in [5, 5.41) is 3.37. The van der Waals surface area contributed by atoms with E-state index in [9.17, 15) is 0 Å². The summed E-state index contributed by atoms with van der Waals surface area (Å²) in [6.45, 7) is 2.20. The van der Waals surface area contributed by atoms with Crippen molar-refractivity contribution in [1.82, 2.24) is 5.32 Å². The molecule has 0 aromatic rings. The molecule has 0 bridgehead atoms. The van der Waals surface area contributed by atoms with Crippen LogP contribution in [0.15, 0.2) is 35.5 Å². The molecule has 2 aliphatic rings. The summed E-state index contributed by atoms with van der Waals surface area (Å²) in [5.41, 5.74) is 3.03. The van der Waals surface area contributed by atoms with E-state index in [1.165, 1.54) is 17.6 Å². The maximum Gasteiger partial charge on any atom is 0.0205 e. The minimum Gasteiger partial charge on any atom is -0.312 e. The Bertz CT molecular complexity index is 233. The Labute approximate surface area is 67.5 Å². The van der Waals surface area contributed by atoms with E-state index in [1.807, 2.05) is 0 Å². The summed E-state index contributed by atoms with van der Waals surface area (Å²) in [6, 6.07) is 0. The van der Waals surface area contributed by atoms with Gasteiger partial charge in [0.2, 0.25) is 0 Å². The molecule has 2 rings (SSSR count). The van der Waals surface area contributed by atoms with Crippen LogP contribution in [-0.4, -0.2) is 13.1 Å². The maximum absolute atomic E-state index is 3.37. The van der Waals surface area contributed by atoms with Gasteiger partial charge in [0, 0.05) is 6.54 Å². The maximum atomic E-state index is 3.37. The molecule has 1 heteroatoms. The lowest BCUT2D eigenvalue weighted by Gasteiger charge is -2.18. The van der Waals surface area contributed by atoms with Crippen LogP contribution in [0.1, 0.15) is 12.8 Å². The molecule has 11 heavy (non-hydrogen) atoms. The zero-order valence-electron chi connectivity index (χ0n) is 6.64. The molecule has 0 aromatic heterocycles. The predicted octanol–water partition coefficient (Wildman–Crippen LogP) is 1.79. The van der Waals surface area contributed by atoms with Crippen molar-refractivity contribution in [3.05, 3.63) is 35.5 Å². The van der Waals surface area contributed by atoms with Gasteiger partial charge in [0.25, 0.3) is 0 Å². The second kappa shape index (κ2) is 3.05. The molecule has 1 fully saturated rings. The van der Waals surface area contributed by atoms with Crippen LogP contribution in [0, 0.1) is 0 Å². The fraction of sp³-hybridized carbons (Fsp3) is 0.400. The van der Waals surface area contributed by atoms with Crippen LogP contribution in [0.4, 0.5) is 0 Å². The van der Waals surface area contributed by atoms with E-state index < -0.39 is 0 Å². The molecule has 1 saturated heterocycles. The third-order valence-electron chi connectivity index (χ3n) is 2.23. The molecular weight excluding hydrogens is 134 g/mol. The predicted molar refractivity (Wildman–Crippen MR) is 47.4 cm³/mol. The number of allylic oxidation sites excluding steroid dienone is 4. The van der Waals surface area contributed by atoms with Crippen molar-refractivity contribution >= 4 is 0 Å². The minimum absolute atomic E-state index is 1.06. The Morgan fingerprint density at radius 3 is 3.27 bits per heavy atom. The number of nitrogens with one attached hydrogen (secondary N) is 1. The molecule has 1 aliphatic carbocycles. The Hall–Kier alpha value is -0.820. The first-order valence-corrected chi connectivity index (χ1v) is 4.22. The first-order valence-electron chi connectivity index (χ1n) is 4.22. The Balaban J connectivity index is 2.26. The van der Waals surface area contributed by atoms with Crippen LogP contribution in [0.5, 0.6) is 0 Å². The first-order chi connectivity index (χ1) is 5.47. The van der Waals surface area contributed by atoms with Gasteiger partial charge in [-0.1, -0.05) is 24.3 Å². The van der Waals surface area contributed by atoms with Crippen LogP contribution in [-0.2, 0) is 0 Å². The van der Waals surface area contributed by atoms with Crippen LogP contribution in [0.3, 0.4) is 0 Å². The van der Waals surface area contributed by atoms with Gasteiger partial charge in [-0.25, -0.2) is 0 Å². The lowest BCUT2D eigenvalue weighted by Crippen LogP contribution is -2.25. The highest BCUT2D eigenvalue weighted by molar-refractivity contribution is 5.38. The normalized spacial score (nSPS) is 23.3. The molecule has 1 aliphatic heterocycles. The number of piperidine rings is 1. The molecule has 0 amide bonds. The van der Waals surface area contributed by atoms with E-state index >= 15 is 0 Å². The third kappa shape index (κ3) is 1.43. The fourth-order valence-corrected chi connectivity index (χ4v) is 1.59. The first kappa shape index (κ1) is 6.86. The van der Waals surface area contributed by atoms with Crippen LogP contribution >= 0.6 is 0 Å². The Morgan fingerprint density at radius 1 is 1.27 bits per heavy atom. The van der Waals surface area contributed by atoms with Crippen molar-refractivity contribution in [3.8, 4) is 0 Å². The van der Waals surface area contributed by atoms with Gasteiger partial charge in [0.1, 0.15) is 0 Å². The van der Waals surface area contributed by atoms with Crippen molar-refractivity contribution in [2.24, 2.45) is 0 Å². The molecule has 1 nitrogen and oxygen atoms in total. The van der Waals surface area contributed by atoms with Crippen molar-refractivity contribution in [2.45, 2.75) is 12.8 Å². The van der Waals surface area contributed by atoms with E-state index in [-0.39, 0.29) is 0 Å². The van der Waals surface area contributed by atoms with Crippen molar-refractivity contribution in [2.75, 3.05) is 13.1 Å². The smallest absolute Gasteiger partial charge is 0.0205 e. The van der Waals surface area contributed by atoms with E-state index in [0.29, 0.717) is 0 Å². The average molecular weight is 147 g/mol. The lowest BCUT2D eigenvalue weighted by atomic mass is 9.99. The second-order valence-electron chi connectivity index (χ2n) is 3.01. The van der Waals surface area contributed by atoms with Gasteiger partial charge in [-0.15, -0.1) is 0 Å². The fourth-order valence-electron chi connectivity index (χ4n) is 1.59. The molecule has 0 atom stereocenters. The van der Waals surface area contributed by atoms with Gasteiger partial charge < -0.3 is 5.32 Å². The highest BCUT2D eigenvalue weighted by Gasteiger charge is 2.09. The van der Waals surface area contributed by atoms with Gasteiger partial charge >= 0.3 is 0 Å².